The Morgan fingerprint density at radius 3 is 0.845 bits per heavy atom. The molecule has 6 heteroatoms. The Kier molecular flexibility index (Phi) is 55.9. The molecule has 0 aromatic heterocycles. The lowest BCUT2D eigenvalue weighted by Gasteiger charge is -2.18. The van der Waals surface area contributed by atoms with Crippen LogP contribution in [0.15, 0.2) is 97.2 Å². The molecule has 0 spiro atoms. The van der Waals surface area contributed by atoms with Crippen LogP contribution < -0.4 is 0 Å². The van der Waals surface area contributed by atoms with E-state index in [4.69, 9.17) is 14.2 Å². The molecule has 6 nitrogen and oxygen atoms in total. The highest BCUT2D eigenvalue weighted by Crippen LogP contribution is 2.15. The van der Waals surface area contributed by atoms with Gasteiger partial charge in [0.25, 0.3) is 0 Å². The lowest BCUT2D eigenvalue weighted by Crippen LogP contribution is -2.30. The van der Waals surface area contributed by atoms with Crippen LogP contribution in [-0.4, -0.2) is 37.2 Å². The molecule has 0 heterocycles. The Labute approximate surface area is 438 Å². The molecule has 0 aliphatic heterocycles. The van der Waals surface area contributed by atoms with E-state index in [0.717, 1.165) is 96.3 Å². The van der Waals surface area contributed by atoms with Crippen molar-refractivity contribution in [1.82, 2.24) is 0 Å². The normalized spacial score (nSPS) is 12.8. The van der Waals surface area contributed by atoms with Crippen LogP contribution >= 0.6 is 0 Å². The van der Waals surface area contributed by atoms with Crippen molar-refractivity contribution in [1.29, 1.82) is 0 Å². The molecule has 0 N–H and O–H groups in total. The number of unbranched alkanes of at least 4 members (excludes halogenated alkanes) is 31. The van der Waals surface area contributed by atoms with Gasteiger partial charge in [0.1, 0.15) is 13.2 Å². The quantitative estimate of drug-likeness (QED) is 0.0261. The minimum atomic E-state index is -0.804. The predicted molar refractivity (Wildman–Crippen MR) is 307 cm³/mol. The van der Waals surface area contributed by atoms with Crippen molar-refractivity contribution in [3.8, 4) is 0 Å². The molecule has 0 amide bonds. The Balaban J connectivity index is 4.48. The zero-order chi connectivity index (χ0) is 51.4. The third kappa shape index (κ3) is 57.1. The van der Waals surface area contributed by atoms with E-state index in [1.54, 1.807) is 0 Å². The van der Waals surface area contributed by atoms with Crippen LogP contribution in [0.1, 0.15) is 278 Å². The van der Waals surface area contributed by atoms with Crippen molar-refractivity contribution >= 4 is 17.9 Å². The molecule has 0 aromatic rings. The number of carbonyl (C=O) groups excluding carboxylic acids is 3. The van der Waals surface area contributed by atoms with Gasteiger partial charge < -0.3 is 14.2 Å². The topological polar surface area (TPSA) is 78.9 Å². The van der Waals surface area contributed by atoms with Crippen LogP contribution in [-0.2, 0) is 28.6 Å². The molecule has 0 aromatic carbocycles. The minimum Gasteiger partial charge on any atom is -0.462 e. The van der Waals surface area contributed by atoms with Gasteiger partial charge in [0, 0.05) is 19.3 Å². The molecule has 0 bridgehead atoms. The average molecular weight is 988 g/mol. The maximum atomic E-state index is 12.9. The average Bonchev–Trinajstić information content (AvgIpc) is 3.37. The van der Waals surface area contributed by atoms with Gasteiger partial charge in [-0.3, -0.25) is 14.4 Å². The smallest absolute Gasteiger partial charge is 0.306 e. The molecule has 0 rings (SSSR count). The van der Waals surface area contributed by atoms with E-state index in [1.165, 1.54) is 141 Å². The first-order valence-corrected chi connectivity index (χ1v) is 29.8. The highest BCUT2D eigenvalue weighted by atomic mass is 16.6. The van der Waals surface area contributed by atoms with E-state index >= 15 is 0 Å². The molecule has 0 aliphatic carbocycles. The second-order valence-electron chi connectivity index (χ2n) is 19.7. The van der Waals surface area contributed by atoms with E-state index in [1.807, 2.05) is 0 Å². The Bertz CT molecular complexity index is 1410. The number of allylic oxidation sites excluding steroid dienone is 16. The van der Waals surface area contributed by atoms with Crippen molar-refractivity contribution < 1.29 is 28.6 Å². The molecular formula is C65H110O6. The predicted octanol–water partition coefficient (Wildman–Crippen LogP) is 20.1. The summed E-state index contributed by atoms with van der Waals surface area (Å²) in [6, 6.07) is 0. The lowest BCUT2D eigenvalue weighted by atomic mass is 10.1. The summed E-state index contributed by atoms with van der Waals surface area (Å²) in [5.74, 6) is -0.946. The fourth-order valence-corrected chi connectivity index (χ4v) is 8.14. The maximum absolute atomic E-state index is 12.9. The summed E-state index contributed by atoms with van der Waals surface area (Å²) in [4.78, 5) is 38.2. The molecule has 0 saturated heterocycles. The maximum Gasteiger partial charge on any atom is 0.306 e. The molecule has 1 atom stereocenters. The molecule has 406 valence electrons. The number of esters is 3. The van der Waals surface area contributed by atoms with Gasteiger partial charge in [-0.2, -0.15) is 0 Å². The van der Waals surface area contributed by atoms with Gasteiger partial charge in [-0.15, -0.1) is 0 Å². The number of hydrogen-bond acceptors (Lipinski definition) is 6. The van der Waals surface area contributed by atoms with Crippen molar-refractivity contribution in [3.05, 3.63) is 97.2 Å². The first-order chi connectivity index (χ1) is 35.0. The van der Waals surface area contributed by atoms with E-state index in [-0.39, 0.29) is 31.1 Å². The summed E-state index contributed by atoms with van der Waals surface area (Å²) < 4.78 is 16.9. The van der Waals surface area contributed by atoms with Crippen LogP contribution in [0, 0.1) is 0 Å². The van der Waals surface area contributed by atoms with Crippen LogP contribution in [0.25, 0.3) is 0 Å². The standard InChI is InChI=1S/C65H110O6/c1-4-7-10-13-16-19-22-25-28-31-33-35-37-40-43-46-49-52-55-58-64(67)70-61-62(60-69-63(66)57-54-51-48-45-42-39-36-30-27-24-21-18-15-12-9-6-3)71-65(68)59-56-53-50-47-44-41-38-34-32-29-26-23-20-17-14-11-8-5-2/h16-17,19-20,22-23,25-26,29-30,32,34,36,38-39,42,62H,4-15,18,21,24,27-28,31,33,35,37,40-41,43-61H2,1-3H3/b19-16-,20-17-,25-22-,26-23-,32-29-,36-30-,38-34-,42-39-. The van der Waals surface area contributed by atoms with Crippen molar-refractivity contribution in [3.63, 3.8) is 0 Å². The monoisotopic (exact) mass is 987 g/mol. The van der Waals surface area contributed by atoms with Crippen LogP contribution in [0.5, 0.6) is 0 Å². The van der Waals surface area contributed by atoms with Gasteiger partial charge in [0.05, 0.1) is 0 Å². The van der Waals surface area contributed by atoms with Crippen molar-refractivity contribution in [2.45, 2.75) is 284 Å². The van der Waals surface area contributed by atoms with E-state index in [0.29, 0.717) is 19.3 Å². The second kappa shape index (κ2) is 58.9. The number of hydrogen-bond donors (Lipinski definition) is 0. The number of carbonyl (C=O) groups is 3. The minimum absolute atomic E-state index is 0.0979. The molecule has 0 fully saturated rings. The van der Waals surface area contributed by atoms with Crippen LogP contribution in [0.2, 0.25) is 0 Å². The van der Waals surface area contributed by atoms with Gasteiger partial charge >= 0.3 is 17.9 Å². The summed E-state index contributed by atoms with van der Waals surface area (Å²) in [5, 5.41) is 0. The number of rotatable bonds is 53. The third-order valence-corrected chi connectivity index (χ3v) is 12.7. The first-order valence-electron chi connectivity index (χ1n) is 29.8. The second-order valence-corrected chi connectivity index (χ2v) is 19.7. The summed E-state index contributed by atoms with van der Waals surface area (Å²) in [5.41, 5.74) is 0. The summed E-state index contributed by atoms with van der Waals surface area (Å²) in [6.45, 7) is 6.54. The van der Waals surface area contributed by atoms with E-state index in [9.17, 15) is 14.4 Å². The zero-order valence-corrected chi connectivity index (χ0v) is 46.5. The molecule has 0 aliphatic rings. The fourth-order valence-electron chi connectivity index (χ4n) is 8.14. The fraction of sp³-hybridized carbons (Fsp3) is 0.708. The van der Waals surface area contributed by atoms with E-state index in [2.05, 4.69) is 118 Å². The molecular weight excluding hydrogens is 877 g/mol. The number of ether oxygens (including phenoxy) is 3. The Morgan fingerprint density at radius 2 is 0.507 bits per heavy atom. The molecule has 1 unspecified atom stereocenters. The highest BCUT2D eigenvalue weighted by Gasteiger charge is 2.19. The SMILES string of the molecule is CCCCC\C=C/C=C\C=C/C=C\CCCCCCCC(=O)OC(COC(=O)CCCCC/C=C\C=C/CCCCCCCCC)COC(=O)CCCCCCCCCCCC/C=C\C=C/CCCCC. The van der Waals surface area contributed by atoms with Gasteiger partial charge in [0.15, 0.2) is 6.10 Å². The van der Waals surface area contributed by atoms with Gasteiger partial charge in [0.2, 0.25) is 0 Å². The van der Waals surface area contributed by atoms with Gasteiger partial charge in [-0.1, -0.05) is 259 Å². The largest absolute Gasteiger partial charge is 0.462 e. The molecule has 0 saturated carbocycles. The molecule has 71 heavy (non-hydrogen) atoms. The third-order valence-electron chi connectivity index (χ3n) is 12.7. The van der Waals surface area contributed by atoms with Crippen LogP contribution in [0.4, 0.5) is 0 Å². The van der Waals surface area contributed by atoms with Crippen molar-refractivity contribution in [2.24, 2.45) is 0 Å². The summed E-state index contributed by atoms with van der Waals surface area (Å²) in [7, 11) is 0. The first kappa shape index (κ1) is 67.3. The molecule has 0 radical (unpaired) electrons. The lowest BCUT2D eigenvalue weighted by molar-refractivity contribution is -0.167. The summed E-state index contributed by atoms with van der Waals surface area (Å²) >= 11 is 0. The van der Waals surface area contributed by atoms with E-state index < -0.39 is 6.10 Å². The zero-order valence-electron chi connectivity index (χ0n) is 46.5. The highest BCUT2D eigenvalue weighted by molar-refractivity contribution is 5.71. The van der Waals surface area contributed by atoms with Crippen LogP contribution in [0.3, 0.4) is 0 Å². The Hall–Kier alpha value is -3.67. The summed E-state index contributed by atoms with van der Waals surface area (Å²) in [6.07, 6.45) is 78.2. The van der Waals surface area contributed by atoms with Gasteiger partial charge in [-0.25, -0.2) is 0 Å². The van der Waals surface area contributed by atoms with Crippen molar-refractivity contribution in [2.75, 3.05) is 13.2 Å². The Morgan fingerprint density at radius 1 is 0.282 bits per heavy atom. The van der Waals surface area contributed by atoms with Gasteiger partial charge in [-0.05, 0) is 96.3 Å².